The third-order valence-corrected chi connectivity index (χ3v) is 7.44. The van der Waals surface area contributed by atoms with E-state index < -0.39 is 0 Å². The number of anilines is 2. The van der Waals surface area contributed by atoms with Crippen LogP contribution in [0.3, 0.4) is 0 Å². The summed E-state index contributed by atoms with van der Waals surface area (Å²) in [5.74, 6) is 0. The number of rotatable bonds is 4. The second-order valence-electron chi connectivity index (χ2n) is 9.63. The highest BCUT2D eigenvalue weighted by molar-refractivity contribution is 6.07. The predicted octanol–water partition coefficient (Wildman–Crippen LogP) is 9.24. The van der Waals surface area contributed by atoms with E-state index in [9.17, 15) is 0 Å². The lowest BCUT2D eigenvalue weighted by Gasteiger charge is -2.32. The summed E-state index contributed by atoms with van der Waals surface area (Å²) in [6.45, 7) is 0. The maximum absolute atomic E-state index is 6.29. The largest absolute Gasteiger partial charge is 0.456 e. The Labute approximate surface area is 211 Å². The zero-order valence-corrected chi connectivity index (χ0v) is 20.1. The Bertz CT molecular complexity index is 1670. The van der Waals surface area contributed by atoms with Crippen LogP contribution in [0.2, 0.25) is 0 Å². The standard InChI is InChI=1S/C34H27NO/c1-3-12-26(13-4-1)35(27-14-5-2-6-15-27)28-19-21-34-32(23-28)31-22-25(18-20-33(31)36-34)30-17-9-11-24-10-7-8-16-29(24)30/h1-7,9-14,17-23,27H,8,15-16H2. The molecule has 1 unspecified atom stereocenters. The first-order chi connectivity index (χ1) is 17.8. The van der Waals surface area contributed by atoms with E-state index in [4.69, 9.17) is 4.42 Å². The molecule has 174 valence electrons. The summed E-state index contributed by atoms with van der Waals surface area (Å²) in [4.78, 5) is 2.43. The van der Waals surface area contributed by atoms with Crippen molar-refractivity contribution in [3.8, 4) is 11.1 Å². The van der Waals surface area contributed by atoms with Crippen molar-refractivity contribution in [2.75, 3.05) is 4.90 Å². The summed E-state index contributed by atoms with van der Waals surface area (Å²) >= 11 is 0. The third kappa shape index (κ3) is 3.58. The van der Waals surface area contributed by atoms with Crippen molar-refractivity contribution in [2.24, 2.45) is 0 Å². The fourth-order valence-electron chi connectivity index (χ4n) is 5.71. The molecule has 5 aromatic rings. The van der Waals surface area contributed by atoms with Gasteiger partial charge in [-0.3, -0.25) is 0 Å². The number of fused-ring (bicyclic) bond motifs is 4. The number of para-hydroxylation sites is 1. The van der Waals surface area contributed by atoms with Gasteiger partial charge in [0.1, 0.15) is 11.2 Å². The molecule has 0 amide bonds. The minimum absolute atomic E-state index is 0.271. The second-order valence-corrected chi connectivity index (χ2v) is 9.63. The normalized spacial score (nSPS) is 16.5. The Balaban J connectivity index is 1.38. The molecule has 2 heteroatoms. The highest BCUT2D eigenvalue weighted by Crippen LogP contribution is 2.39. The summed E-state index contributed by atoms with van der Waals surface area (Å²) in [6.07, 6.45) is 16.5. The highest BCUT2D eigenvalue weighted by Gasteiger charge is 2.20. The maximum atomic E-state index is 6.29. The van der Waals surface area contributed by atoms with Crippen LogP contribution >= 0.6 is 0 Å². The van der Waals surface area contributed by atoms with Crippen LogP contribution in [0, 0.1) is 0 Å². The molecule has 0 aliphatic heterocycles. The van der Waals surface area contributed by atoms with Crippen LogP contribution < -0.4 is 4.90 Å². The van der Waals surface area contributed by atoms with Crippen molar-refractivity contribution in [1.82, 2.24) is 0 Å². The van der Waals surface area contributed by atoms with Crippen LogP contribution in [0.15, 0.2) is 120 Å². The van der Waals surface area contributed by atoms with E-state index in [1.165, 1.54) is 39.0 Å². The SMILES string of the molecule is C1=CCC(N(c2ccccc2)c2ccc3oc4ccc(-c5cccc6c5CCC=C6)cc4c3c2)C=C1. The fraction of sp³-hybridized carbons (Fsp3) is 0.118. The van der Waals surface area contributed by atoms with E-state index in [0.717, 1.165) is 35.8 Å². The number of benzene rings is 4. The van der Waals surface area contributed by atoms with E-state index in [-0.39, 0.29) is 6.04 Å². The highest BCUT2D eigenvalue weighted by atomic mass is 16.3. The van der Waals surface area contributed by atoms with Crippen LogP contribution in [0.1, 0.15) is 24.0 Å². The van der Waals surface area contributed by atoms with E-state index in [0.29, 0.717) is 0 Å². The van der Waals surface area contributed by atoms with Crippen molar-refractivity contribution < 1.29 is 4.42 Å². The van der Waals surface area contributed by atoms with Gasteiger partial charge in [0.25, 0.3) is 0 Å². The summed E-state index contributed by atoms with van der Waals surface area (Å²) < 4.78 is 6.29. The lowest BCUT2D eigenvalue weighted by Crippen LogP contribution is -2.29. The van der Waals surface area contributed by atoms with E-state index in [2.05, 4.69) is 126 Å². The van der Waals surface area contributed by atoms with Crippen molar-refractivity contribution >= 4 is 39.4 Å². The number of hydrogen-bond acceptors (Lipinski definition) is 2. The fourth-order valence-corrected chi connectivity index (χ4v) is 5.71. The molecule has 4 aromatic carbocycles. The Hall–Kier alpha value is -4.30. The molecule has 2 aliphatic rings. The van der Waals surface area contributed by atoms with Gasteiger partial charge in [0.05, 0.1) is 6.04 Å². The smallest absolute Gasteiger partial charge is 0.135 e. The zero-order valence-electron chi connectivity index (χ0n) is 20.1. The van der Waals surface area contributed by atoms with Gasteiger partial charge < -0.3 is 9.32 Å². The van der Waals surface area contributed by atoms with Crippen LogP contribution in [-0.4, -0.2) is 6.04 Å². The summed E-state index contributed by atoms with van der Waals surface area (Å²) in [5.41, 5.74) is 9.59. The molecule has 0 fully saturated rings. The molecule has 0 spiro atoms. The molecule has 1 heterocycles. The first-order valence-corrected chi connectivity index (χ1v) is 12.8. The maximum Gasteiger partial charge on any atom is 0.135 e. The molecule has 0 bridgehead atoms. The average Bonchev–Trinajstić information content (AvgIpc) is 3.31. The predicted molar refractivity (Wildman–Crippen MR) is 152 cm³/mol. The summed E-state index contributed by atoms with van der Waals surface area (Å²) in [6, 6.07) is 30.8. The second kappa shape index (κ2) is 8.73. The van der Waals surface area contributed by atoms with Crippen LogP contribution in [0.5, 0.6) is 0 Å². The topological polar surface area (TPSA) is 16.4 Å². The lowest BCUT2D eigenvalue weighted by molar-refractivity contribution is 0.669. The number of allylic oxidation sites excluding steroid dienone is 3. The van der Waals surface area contributed by atoms with Gasteiger partial charge >= 0.3 is 0 Å². The molecule has 2 nitrogen and oxygen atoms in total. The molecule has 36 heavy (non-hydrogen) atoms. The molecular formula is C34H27NO. The third-order valence-electron chi connectivity index (χ3n) is 7.44. The molecule has 0 radical (unpaired) electrons. The van der Waals surface area contributed by atoms with Gasteiger partial charge in [-0.1, -0.05) is 78.9 Å². The van der Waals surface area contributed by atoms with Crippen LogP contribution in [0.25, 0.3) is 39.1 Å². The number of furan rings is 1. The quantitative estimate of drug-likeness (QED) is 0.263. The molecule has 1 atom stereocenters. The van der Waals surface area contributed by atoms with Gasteiger partial charge in [-0.15, -0.1) is 0 Å². The van der Waals surface area contributed by atoms with Gasteiger partial charge in [-0.05, 0) is 84.0 Å². The van der Waals surface area contributed by atoms with E-state index >= 15 is 0 Å². The molecule has 0 saturated heterocycles. The Morgan fingerprint density at radius 2 is 1.58 bits per heavy atom. The molecule has 1 aromatic heterocycles. The first-order valence-electron chi connectivity index (χ1n) is 12.8. The Morgan fingerprint density at radius 1 is 0.722 bits per heavy atom. The van der Waals surface area contributed by atoms with Gasteiger partial charge in [-0.25, -0.2) is 0 Å². The first kappa shape index (κ1) is 21.0. The minimum Gasteiger partial charge on any atom is -0.456 e. The van der Waals surface area contributed by atoms with E-state index in [1.807, 2.05) is 0 Å². The van der Waals surface area contributed by atoms with Crippen molar-refractivity contribution in [3.63, 3.8) is 0 Å². The zero-order chi connectivity index (χ0) is 23.9. The van der Waals surface area contributed by atoms with Gasteiger partial charge in [0.2, 0.25) is 0 Å². The molecule has 0 N–H and O–H groups in total. The van der Waals surface area contributed by atoms with Gasteiger partial charge in [0, 0.05) is 22.1 Å². The minimum atomic E-state index is 0.271. The molecule has 2 aliphatic carbocycles. The molecular weight excluding hydrogens is 438 g/mol. The molecule has 7 rings (SSSR count). The van der Waals surface area contributed by atoms with Crippen molar-refractivity contribution in [1.29, 1.82) is 0 Å². The number of hydrogen-bond donors (Lipinski definition) is 0. The summed E-state index contributed by atoms with van der Waals surface area (Å²) in [5, 5.41) is 2.32. The van der Waals surface area contributed by atoms with Crippen molar-refractivity contribution in [2.45, 2.75) is 25.3 Å². The summed E-state index contributed by atoms with van der Waals surface area (Å²) in [7, 11) is 0. The molecule has 0 saturated carbocycles. The monoisotopic (exact) mass is 465 g/mol. The average molecular weight is 466 g/mol. The van der Waals surface area contributed by atoms with Crippen LogP contribution in [0.4, 0.5) is 11.4 Å². The van der Waals surface area contributed by atoms with Gasteiger partial charge in [-0.2, -0.15) is 0 Å². The Morgan fingerprint density at radius 3 is 2.44 bits per heavy atom. The van der Waals surface area contributed by atoms with Gasteiger partial charge in [0.15, 0.2) is 0 Å². The lowest BCUT2D eigenvalue weighted by atomic mass is 9.89. The van der Waals surface area contributed by atoms with Crippen molar-refractivity contribution in [3.05, 3.63) is 126 Å². The van der Waals surface area contributed by atoms with Crippen LogP contribution in [-0.2, 0) is 6.42 Å². The number of nitrogens with zero attached hydrogens (tertiary/aromatic N) is 1. The Kier molecular flexibility index (Phi) is 5.10. The van der Waals surface area contributed by atoms with E-state index in [1.54, 1.807) is 0 Å².